The van der Waals surface area contributed by atoms with Crippen molar-refractivity contribution < 1.29 is 13.2 Å². The number of alkyl halides is 3. The number of nitrogens with one attached hydrogen (secondary N) is 1. The number of hydrogen-bond acceptors (Lipinski definition) is 3. The molecule has 0 aromatic rings. The van der Waals surface area contributed by atoms with Crippen LogP contribution in [0.2, 0.25) is 0 Å². The van der Waals surface area contributed by atoms with Crippen LogP contribution in [-0.2, 0) is 0 Å². The van der Waals surface area contributed by atoms with Crippen molar-refractivity contribution in [3.8, 4) is 0 Å². The molecule has 0 radical (unpaired) electrons. The van der Waals surface area contributed by atoms with E-state index in [2.05, 4.69) is 10.2 Å². The molecule has 0 aromatic heterocycles. The molecule has 1 saturated carbocycles. The Bertz CT molecular complexity index is 282. The Labute approximate surface area is 119 Å². The van der Waals surface area contributed by atoms with Gasteiger partial charge in [0.15, 0.2) is 0 Å². The Morgan fingerprint density at radius 3 is 2.10 bits per heavy atom. The molecule has 1 atom stereocenters. The Morgan fingerprint density at radius 2 is 1.60 bits per heavy atom. The summed E-state index contributed by atoms with van der Waals surface area (Å²) < 4.78 is 37.0. The fraction of sp³-hybridized carbons (Fsp3) is 1.00. The second kappa shape index (κ2) is 7.09. The molecule has 1 aliphatic carbocycles. The monoisotopic (exact) mass is 293 g/mol. The number of rotatable bonds is 5. The fourth-order valence-electron chi connectivity index (χ4n) is 3.50. The van der Waals surface area contributed by atoms with Crippen LogP contribution in [0.1, 0.15) is 25.7 Å². The summed E-state index contributed by atoms with van der Waals surface area (Å²) in [6, 6.07) is 0.492. The summed E-state index contributed by atoms with van der Waals surface area (Å²) in [6.07, 6.45) is 1.16. The lowest BCUT2D eigenvalue weighted by atomic mass is 9.97. The van der Waals surface area contributed by atoms with Gasteiger partial charge in [0.1, 0.15) is 0 Å². The molecular formula is C14H26F3N3. The second-order valence-electron chi connectivity index (χ2n) is 6.13. The first-order valence-electron chi connectivity index (χ1n) is 7.66. The molecule has 0 spiro atoms. The Hall–Kier alpha value is -0.330. The normalized spacial score (nSPS) is 25.2. The lowest BCUT2D eigenvalue weighted by Crippen LogP contribution is -2.53. The van der Waals surface area contributed by atoms with Gasteiger partial charge in [-0.2, -0.15) is 13.2 Å². The van der Waals surface area contributed by atoms with Gasteiger partial charge in [-0.1, -0.05) is 12.8 Å². The molecule has 0 amide bonds. The van der Waals surface area contributed by atoms with Crippen molar-refractivity contribution in [3.05, 3.63) is 0 Å². The van der Waals surface area contributed by atoms with E-state index in [1.165, 1.54) is 30.6 Å². The lowest BCUT2D eigenvalue weighted by Gasteiger charge is -2.37. The van der Waals surface area contributed by atoms with Gasteiger partial charge < -0.3 is 5.32 Å². The average Bonchev–Trinajstić information content (AvgIpc) is 2.90. The van der Waals surface area contributed by atoms with Crippen LogP contribution >= 0.6 is 0 Å². The summed E-state index contributed by atoms with van der Waals surface area (Å²) in [5.74, 6) is 0.744. The number of piperazine rings is 1. The average molecular weight is 293 g/mol. The maximum absolute atomic E-state index is 12.3. The largest absolute Gasteiger partial charge is 0.401 e. The van der Waals surface area contributed by atoms with E-state index in [4.69, 9.17) is 0 Å². The van der Waals surface area contributed by atoms with Crippen LogP contribution in [0, 0.1) is 5.92 Å². The van der Waals surface area contributed by atoms with Crippen LogP contribution in [-0.4, -0.2) is 68.3 Å². The maximum Gasteiger partial charge on any atom is 0.401 e. The van der Waals surface area contributed by atoms with E-state index in [9.17, 15) is 13.2 Å². The van der Waals surface area contributed by atoms with Crippen LogP contribution in [0.15, 0.2) is 0 Å². The molecule has 2 rings (SSSR count). The van der Waals surface area contributed by atoms with Gasteiger partial charge in [0.2, 0.25) is 0 Å². The number of halogens is 3. The minimum Gasteiger partial charge on any atom is -0.315 e. The molecule has 1 N–H and O–H groups in total. The first kappa shape index (κ1) is 16.0. The van der Waals surface area contributed by atoms with E-state index in [1.54, 1.807) is 0 Å². The summed E-state index contributed by atoms with van der Waals surface area (Å²) >= 11 is 0. The molecule has 0 aromatic carbocycles. The topological polar surface area (TPSA) is 18.5 Å². The van der Waals surface area contributed by atoms with E-state index in [0.29, 0.717) is 19.1 Å². The van der Waals surface area contributed by atoms with Crippen molar-refractivity contribution in [1.82, 2.24) is 15.1 Å². The summed E-state index contributed by atoms with van der Waals surface area (Å²) in [6.45, 7) is 2.77. The third-order valence-electron chi connectivity index (χ3n) is 4.66. The van der Waals surface area contributed by atoms with Crippen LogP contribution in [0.3, 0.4) is 0 Å². The van der Waals surface area contributed by atoms with Gasteiger partial charge in [-0.05, 0) is 25.8 Å². The van der Waals surface area contributed by atoms with Crippen molar-refractivity contribution in [2.45, 2.75) is 37.9 Å². The number of hydrogen-bond donors (Lipinski definition) is 1. The molecule has 1 heterocycles. The summed E-state index contributed by atoms with van der Waals surface area (Å²) in [5, 5.41) is 3.41. The first-order chi connectivity index (χ1) is 9.48. The molecule has 20 heavy (non-hydrogen) atoms. The first-order valence-corrected chi connectivity index (χ1v) is 7.66. The molecule has 118 valence electrons. The zero-order valence-corrected chi connectivity index (χ0v) is 12.3. The van der Waals surface area contributed by atoms with Gasteiger partial charge in [-0.15, -0.1) is 0 Å². The standard InChI is InChI=1S/C14H26F3N3/c1-18-13(12-4-2-3-5-12)10-19-6-8-20(9-7-19)11-14(15,16)17/h12-13,18H,2-11H2,1H3. The molecule has 1 saturated heterocycles. The van der Waals surface area contributed by atoms with E-state index in [0.717, 1.165) is 25.6 Å². The molecule has 0 bridgehead atoms. The second-order valence-corrected chi connectivity index (χ2v) is 6.13. The minimum absolute atomic E-state index is 0.492. The van der Waals surface area contributed by atoms with Gasteiger partial charge in [0, 0.05) is 38.8 Å². The number of nitrogens with zero attached hydrogens (tertiary/aromatic N) is 2. The van der Waals surface area contributed by atoms with Crippen LogP contribution in [0.4, 0.5) is 13.2 Å². The van der Waals surface area contributed by atoms with Crippen LogP contribution in [0.25, 0.3) is 0 Å². The van der Waals surface area contributed by atoms with Crippen LogP contribution in [0.5, 0.6) is 0 Å². The Balaban J connectivity index is 1.73. The van der Waals surface area contributed by atoms with Crippen molar-refractivity contribution in [1.29, 1.82) is 0 Å². The quantitative estimate of drug-likeness (QED) is 0.836. The molecule has 3 nitrogen and oxygen atoms in total. The van der Waals surface area contributed by atoms with Gasteiger partial charge in [-0.3, -0.25) is 9.80 Å². The van der Waals surface area contributed by atoms with E-state index >= 15 is 0 Å². The highest BCUT2D eigenvalue weighted by molar-refractivity contribution is 4.84. The van der Waals surface area contributed by atoms with E-state index < -0.39 is 12.7 Å². The zero-order valence-electron chi connectivity index (χ0n) is 12.3. The lowest BCUT2D eigenvalue weighted by molar-refractivity contribution is -0.149. The molecule has 1 aliphatic heterocycles. The molecular weight excluding hydrogens is 267 g/mol. The summed E-state index contributed by atoms with van der Waals surface area (Å²) in [5.41, 5.74) is 0. The van der Waals surface area contributed by atoms with Crippen molar-refractivity contribution >= 4 is 0 Å². The molecule has 2 aliphatic rings. The SMILES string of the molecule is CNC(CN1CCN(CC(F)(F)F)CC1)C1CCCC1. The van der Waals surface area contributed by atoms with Crippen molar-refractivity contribution in [2.24, 2.45) is 5.92 Å². The van der Waals surface area contributed by atoms with Crippen molar-refractivity contribution in [2.75, 3.05) is 46.3 Å². The highest BCUT2D eigenvalue weighted by Gasteiger charge is 2.33. The highest BCUT2D eigenvalue weighted by atomic mass is 19.4. The predicted molar refractivity (Wildman–Crippen MR) is 73.7 cm³/mol. The maximum atomic E-state index is 12.3. The molecule has 2 fully saturated rings. The van der Waals surface area contributed by atoms with Crippen LogP contribution < -0.4 is 5.32 Å². The molecule has 6 heteroatoms. The smallest absolute Gasteiger partial charge is 0.315 e. The van der Waals surface area contributed by atoms with Gasteiger partial charge in [0.25, 0.3) is 0 Å². The summed E-state index contributed by atoms with van der Waals surface area (Å²) in [4.78, 5) is 3.83. The predicted octanol–water partition coefficient (Wildman–Crippen LogP) is 1.94. The van der Waals surface area contributed by atoms with E-state index in [-0.39, 0.29) is 0 Å². The fourth-order valence-corrected chi connectivity index (χ4v) is 3.50. The Morgan fingerprint density at radius 1 is 1.05 bits per heavy atom. The minimum atomic E-state index is -4.07. The molecule has 1 unspecified atom stereocenters. The highest BCUT2D eigenvalue weighted by Crippen LogP contribution is 2.28. The zero-order chi connectivity index (χ0) is 14.6. The van der Waals surface area contributed by atoms with Gasteiger partial charge in [-0.25, -0.2) is 0 Å². The summed E-state index contributed by atoms with van der Waals surface area (Å²) in [7, 11) is 2.00. The Kier molecular flexibility index (Phi) is 5.69. The van der Waals surface area contributed by atoms with E-state index in [1.807, 2.05) is 7.05 Å². The van der Waals surface area contributed by atoms with Crippen molar-refractivity contribution in [3.63, 3.8) is 0 Å². The van der Waals surface area contributed by atoms with Gasteiger partial charge >= 0.3 is 6.18 Å². The number of likely N-dealkylation sites (N-methyl/N-ethyl adjacent to an activating group) is 1. The third-order valence-corrected chi connectivity index (χ3v) is 4.66. The third kappa shape index (κ3) is 4.90. The van der Waals surface area contributed by atoms with Gasteiger partial charge in [0.05, 0.1) is 6.54 Å².